The molecule has 0 bridgehead atoms. The highest BCUT2D eigenvalue weighted by molar-refractivity contribution is 7.20. The normalized spacial score (nSPS) is 11.0. The molecular weight excluding hydrogens is 378 g/mol. The van der Waals surface area contributed by atoms with Crippen molar-refractivity contribution in [3.05, 3.63) is 56.4 Å². The molecule has 0 atom stereocenters. The third-order valence-corrected chi connectivity index (χ3v) is 5.46. The number of aromatic nitrogens is 2. The van der Waals surface area contributed by atoms with Crippen molar-refractivity contribution in [3.63, 3.8) is 0 Å². The van der Waals surface area contributed by atoms with E-state index in [9.17, 15) is 14.4 Å². The Bertz CT molecular complexity index is 1110. The predicted molar refractivity (Wildman–Crippen MR) is 109 cm³/mol. The highest BCUT2D eigenvalue weighted by atomic mass is 32.1. The Balaban J connectivity index is 1.72. The molecule has 2 N–H and O–H groups in total. The maximum Gasteiger partial charge on any atom is 0.349 e. The maximum absolute atomic E-state index is 12.4. The minimum Gasteiger partial charge on any atom is -0.451 e. The second-order valence-corrected chi connectivity index (χ2v) is 7.75. The maximum atomic E-state index is 12.4. The summed E-state index contributed by atoms with van der Waals surface area (Å²) in [7, 11) is 0. The molecule has 8 heteroatoms. The molecule has 0 radical (unpaired) electrons. The average Bonchev–Trinajstić information content (AvgIpc) is 2.96. The Hall–Kier alpha value is -3.00. The number of benzene rings is 1. The Morgan fingerprint density at radius 3 is 2.68 bits per heavy atom. The minimum absolute atomic E-state index is 0.245. The zero-order valence-corrected chi connectivity index (χ0v) is 16.9. The van der Waals surface area contributed by atoms with E-state index in [-0.39, 0.29) is 16.4 Å². The number of carbonyl (C=O) groups excluding carboxylic acids is 2. The van der Waals surface area contributed by atoms with Gasteiger partial charge in [0.15, 0.2) is 6.61 Å². The van der Waals surface area contributed by atoms with Crippen LogP contribution in [0, 0.1) is 13.8 Å². The monoisotopic (exact) mass is 399 g/mol. The highest BCUT2D eigenvalue weighted by Crippen LogP contribution is 2.27. The summed E-state index contributed by atoms with van der Waals surface area (Å²) in [6, 6.07) is 7.50. The number of thiophene rings is 1. The Kier molecular flexibility index (Phi) is 5.60. The van der Waals surface area contributed by atoms with Crippen LogP contribution in [-0.2, 0) is 9.53 Å². The van der Waals surface area contributed by atoms with E-state index in [1.165, 1.54) is 0 Å². The molecule has 146 valence electrons. The second-order valence-electron chi connectivity index (χ2n) is 6.75. The lowest BCUT2D eigenvalue weighted by Gasteiger charge is -2.13. The fourth-order valence-electron chi connectivity index (χ4n) is 2.94. The van der Waals surface area contributed by atoms with Gasteiger partial charge in [-0.05, 0) is 37.0 Å². The van der Waals surface area contributed by atoms with Crippen molar-refractivity contribution in [1.82, 2.24) is 9.97 Å². The Morgan fingerprint density at radius 1 is 1.25 bits per heavy atom. The summed E-state index contributed by atoms with van der Waals surface area (Å²) in [5.74, 6) is -0.354. The van der Waals surface area contributed by atoms with Gasteiger partial charge in [0.1, 0.15) is 15.5 Å². The molecule has 0 unspecified atom stereocenters. The lowest BCUT2D eigenvalue weighted by Crippen LogP contribution is -2.21. The molecule has 0 spiro atoms. The summed E-state index contributed by atoms with van der Waals surface area (Å²) >= 11 is 1.08. The van der Waals surface area contributed by atoms with Gasteiger partial charge in [-0.2, -0.15) is 0 Å². The first-order valence-corrected chi connectivity index (χ1v) is 9.65. The number of carbonyl (C=O) groups is 2. The molecule has 0 fully saturated rings. The zero-order chi connectivity index (χ0) is 20.4. The van der Waals surface area contributed by atoms with Crippen LogP contribution in [0.15, 0.2) is 29.1 Å². The molecule has 1 amide bonds. The Labute approximate surface area is 165 Å². The van der Waals surface area contributed by atoms with Crippen LogP contribution in [0.1, 0.15) is 46.4 Å². The molecular formula is C20H21N3O4S. The van der Waals surface area contributed by atoms with Gasteiger partial charge in [0.25, 0.3) is 11.5 Å². The van der Waals surface area contributed by atoms with Crippen molar-refractivity contribution in [2.75, 3.05) is 11.9 Å². The number of H-pyrrole nitrogens is 1. The molecule has 0 aliphatic rings. The summed E-state index contributed by atoms with van der Waals surface area (Å²) in [5.41, 5.74) is 1.91. The lowest BCUT2D eigenvalue weighted by atomic mass is 10.0. The molecule has 0 saturated carbocycles. The number of aromatic amines is 1. The van der Waals surface area contributed by atoms with Gasteiger partial charge in [0, 0.05) is 5.69 Å². The molecule has 3 aromatic rings. The number of rotatable bonds is 5. The van der Waals surface area contributed by atoms with Crippen LogP contribution >= 0.6 is 11.3 Å². The van der Waals surface area contributed by atoms with E-state index in [4.69, 9.17) is 4.74 Å². The van der Waals surface area contributed by atoms with Gasteiger partial charge < -0.3 is 15.0 Å². The van der Waals surface area contributed by atoms with Crippen molar-refractivity contribution in [3.8, 4) is 0 Å². The fourth-order valence-corrected chi connectivity index (χ4v) is 4.06. The molecule has 3 rings (SSSR count). The van der Waals surface area contributed by atoms with Crippen LogP contribution in [0.2, 0.25) is 0 Å². The minimum atomic E-state index is -0.648. The third-order valence-electron chi connectivity index (χ3n) is 4.30. The number of nitrogens with one attached hydrogen (secondary N) is 2. The van der Waals surface area contributed by atoms with Crippen LogP contribution in [0.3, 0.4) is 0 Å². The average molecular weight is 399 g/mol. The summed E-state index contributed by atoms with van der Waals surface area (Å²) < 4.78 is 5.16. The lowest BCUT2D eigenvalue weighted by molar-refractivity contribution is -0.119. The van der Waals surface area contributed by atoms with E-state index in [0.717, 1.165) is 16.9 Å². The first-order chi connectivity index (χ1) is 13.3. The number of para-hydroxylation sites is 1. The van der Waals surface area contributed by atoms with Gasteiger partial charge in [-0.3, -0.25) is 9.59 Å². The first-order valence-electron chi connectivity index (χ1n) is 8.83. The van der Waals surface area contributed by atoms with E-state index >= 15 is 0 Å². The molecule has 7 nitrogen and oxygen atoms in total. The number of aryl methyl sites for hydroxylation is 2. The molecule has 0 aliphatic carbocycles. The van der Waals surface area contributed by atoms with Gasteiger partial charge in [-0.15, -0.1) is 11.3 Å². The van der Waals surface area contributed by atoms with Gasteiger partial charge >= 0.3 is 5.97 Å². The number of hydrogen-bond donors (Lipinski definition) is 2. The van der Waals surface area contributed by atoms with E-state index in [1.54, 1.807) is 13.8 Å². The first kappa shape index (κ1) is 19.8. The van der Waals surface area contributed by atoms with Crippen molar-refractivity contribution < 1.29 is 14.3 Å². The largest absolute Gasteiger partial charge is 0.451 e. The highest BCUT2D eigenvalue weighted by Gasteiger charge is 2.21. The number of esters is 1. The number of fused-ring (bicyclic) bond motifs is 1. The van der Waals surface area contributed by atoms with E-state index in [2.05, 4.69) is 15.3 Å². The number of nitrogens with zero attached hydrogens (tertiary/aromatic N) is 1. The molecule has 1 aromatic carbocycles. The smallest absolute Gasteiger partial charge is 0.349 e. The standard InChI is InChI=1S/C20H21N3O4S/c1-10(2)13-7-5-6-8-14(13)23-15(24)9-27-20(26)17-11(3)16-18(25)21-12(4)22-19(16)28-17/h5-8,10H,9H2,1-4H3,(H,23,24)(H,21,22,25). The van der Waals surface area contributed by atoms with Crippen LogP contribution in [0.4, 0.5) is 5.69 Å². The number of amides is 1. The van der Waals surface area contributed by atoms with Crippen molar-refractivity contribution in [2.24, 2.45) is 0 Å². The van der Waals surface area contributed by atoms with Crippen molar-refractivity contribution in [1.29, 1.82) is 0 Å². The summed E-state index contributed by atoms with van der Waals surface area (Å²) in [5, 5.41) is 3.15. The van der Waals surface area contributed by atoms with Gasteiger partial charge in [-0.25, -0.2) is 9.78 Å². The molecule has 28 heavy (non-hydrogen) atoms. The van der Waals surface area contributed by atoms with E-state index < -0.39 is 18.5 Å². The number of ether oxygens (including phenoxy) is 1. The molecule has 2 heterocycles. The summed E-state index contributed by atoms with van der Waals surface area (Å²) in [4.78, 5) is 44.4. The SMILES string of the molecule is Cc1nc2sc(C(=O)OCC(=O)Nc3ccccc3C(C)C)c(C)c2c(=O)[nH]1. The van der Waals surface area contributed by atoms with Gasteiger partial charge in [-0.1, -0.05) is 32.0 Å². The van der Waals surface area contributed by atoms with Gasteiger partial charge in [0.05, 0.1) is 5.39 Å². The van der Waals surface area contributed by atoms with E-state index in [0.29, 0.717) is 27.3 Å². The van der Waals surface area contributed by atoms with Crippen molar-refractivity contribution in [2.45, 2.75) is 33.6 Å². The van der Waals surface area contributed by atoms with Crippen LogP contribution in [-0.4, -0.2) is 28.5 Å². The fraction of sp³-hybridized carbons (Fsp3) is 0.300. The zero-order valence-electron chi connectivity index (χ0n) is 16.1. The quantitative estimate of drug-likeness (QED) is 0.639. The molecule has 2 aromatic heterocycles. The molecule has 0 aliphatic heterocycles. The summed E-state index contributed by atoms with van der Waals surface area (Å²) in [6.45, 7) is 7.00. The predicted octanol–water partition coefficient (Wildman–Crippen LogP) is 3.52. The van der Waals surface area contributed by atoms with Crippen LogP contribution in [0.5, 0.6) is 0 Å². The van der Waals surface area contributed by atoms with Crippen molar-refractivity contribution >= 4 is 39.1 Å². The van der Waals surface area contributed by atoms with E-state index in [1.807, 2.05) is 38.1 Å². The third kappa shape index (κ3) is 3.96. The topological polar surface area (TPSA) is 101 Å². The summed E-state index contributed by atoms with van der Waals surface area (Å²) in [6.07, 6.45) is 0. The van der Waals surface area contributed by atoms with Gasteiger partial charge in [0.2, 0.25) is 0 Å². The molecule has 0 saturated heterocycles. The van der Waals surface area contributed by atoms with Crippen LogP contribution < -0.4 is 10.9 Å². The number of anilines is 1. The Morgan fingerprint density at radius 2 is 1.96 bits per heavy atom. The number of hydrogen-bond acceptors (Lipinski definition) is 6. The van der Waals surface area contributed by atoms with Crippen LogP contribution in [0.25, 0.3) is 10.2 Å². The second kappa shape index (κ2) is 7.93.